The van der Waals surface area contributed by atoms with Crippen molar-refractivity contribution in [2.24, 2.45) is 5.92 Å². The van der Waals surface area contributed by atoms with Crippen LogP contribution in [0, 0.1) is 5.92 Å². The third-order valence-corrected chi connectivity index (χ3v) is 5.64. The zero-order valence-corrected chi connectivity index (χ0v) is 19.0. The van der Waals surface area contributed by atoms with Crippen LogP contribution in [0.2, 0.25) is 0 Å². The lowest BCUT2D eigenvalue weighted by Crippen LogP contribution is -2.36. The van der Waals surface area contributed by atoms with Gasteiger partial charge < -0.3 is 24.4 Å². The second-order valence-electron chi connectivity index (χ2n) is 7.99. The van der Waals surface area contributed by atoms with E-state index >= 15 is 0 Å². The van der Waals surface area contributed by atoms with Crippen LogP contribution in [0.3, 0.4) is 0 Å². The minimum atomic E-state index is -0.709. The van der Waals surface area contributed by atoms with Crippen molar-refractivity contribution in [3.63, 3.8) is 0 Å². The summed E-state index contributed by atoms with van der Waals surface area (Å²) >= 11 is 0. The third-order valence-electron chi connectivity index (χ3n) is 5.64. The Bertz CT molecular complexity index is 913. The van der Waals surface area contributed by atoms with Crippen LogP contribution in [-0.2, 0) is 11.3 Å². The van der Waals surface area contributed by atoms with Crippen LogP contribution in [-0.4, -0.2) is 55.2 Å². The summed E-state index contributed by atoms with van der Waals surface area (Å²) in [6.07, 6.45) is 1.30. The van der Waals surface area contributed by atoms with Crippen molar-refractivity contribution in [1.29, 1.82) is 0 Å². The molecule has 172 valence electrons. The molecule has 0 aromatic heterocycles. The second kappa shape index (κ2) is 10.9. The average Bonchev–Trinajstić information content (AvgIpc) is 2.79. The lowest BCUT2D eigenvalue weighted by molar-refractivity contribution is -0.142. The summed E-state index contributed by atoms with van der Waals surface area (Å²) in [6.45, 7) is 6.72. The van der Waals surface area contributed by atoms with E-state index in [-0.39, 0.29) is 11.8 Å². The molecule has 2 aromatic rings. The summed E-state index contributed by atoms with van der Waals surface area (Å²) in [5, 5.41) is 9.21. The minimum Gasteiger partial charge on any atom is -0.494 e. The van der Waals surface area contributed by atoms with Crippen LogP contribution in [0.4, 0.5) is 5.69 Å². The number of hydrogen-bond donors (Lipinski definition) is 1. The predicted octanol–water partition coefficient (Wildman–Crippen LogP) is 4.06. The lowest BCUT2D eigenvalue weighted by Gasteiger charge is -2.32. The van der Waals surface area contributed by atoms with Gasteiger partial charge in [-0.15, -0.1) is 0 Å². The molecule has 1 fully saturated rings. The molecule has 1 aliphatic rings. The van der Waals surface area contributed by atoms with Crippen molar-refractivity contribution in [3.05, 3.63) is 53.6 Å². The van der Waals surface area contributed by atoms with Gasteiger partial charge in [-0.05, 0) is 56.5 Å². The number of amides is 1. The quantitative estimate of drug-likeness (QED) is 0.634. The fourth-order valence-corrected chi connectivity index (χ4v) is 4.00. The van der Waals surface area contributed by atoms with E-state index in [0.717, 1.165) is 24.3 Å². The molecule has 0 atom stereocenters. The number of nitrogens with zero attached hydrogens (tertiary/aromatic N) is 2. The van der Waals surface area contributed by atoms with Crippen molar-refractivity contribution in [2.45, 2.75) is 33.2 Å². The SMILES string of the molecule is CCOc1cc(OCC)cc(C(=O)N(C)Cc2cccc(N3CCC(C(=O)O)CC3)c2)c1. The van der Waals surface area contributed by atoms with Crippen molar-refractivity contribution < 1.29 is 24.2 Å². The molecule has 7 heteroatoms. The Hall–Kier alpha value is -3.22. The molecule has 32 heavy (non-hydrogen) atoms. The number of rotatable bonds is 9. The van der Waals surface area contributed by atoms with E-state index < -0.39 is 5.97 Å². The van der Waals surface area contributed by atoms with Crippen molar-refractivity contribution in [2.75, 3.05) is 38.3 Å². The molecule has 0 aliphatic carbocycles. The van der Waals surface area contributed by atoms with Crippen LogP contribution in [0.1, 0.15) is 42.6 Å². The lowest BCUT2D eigenvalue weighted by atomic mass is 9.96. The fraction of sp³-hybridized carbons (Fsp3) is 0.440. The highest BCUT2D eigenvalue weighted by Crippen LogP contribution is 2.26. The molecule has 7 nitrogen and oxygen atoms in total. The standard InChI is InChI=1S/C25H32N2O5/c1-4-31-22-14-20(15-23(16-22)32-5-2)24(28)26(3)17-18-7-6-8-21(13-18)27-11-9-19(10-12-27)25(29)30/h6-8,13-16,19H,4-5,9-12,17H2,1-3H3,(H,29,30). The minimum absolute atomic E-state index is 0.111. The van der Waals surface area contributed by atoms with Crippen LogP contribution in [0.25, 0.3) is 0 Å². The molecule has 2 aromatic carbocycles. The summed E-state index contributed by atoms with van der Waals surface area (Å²) in [7, 11) is 1.78. The molecule has 1 heterocycles. The molecule has 1 saturated heterocycles. The number of carboxylic acids is 1. The van der Waals surface area contributed by atoms with E-state index in [4.69, 9.17) is 9.47 Å². The maximum absolute atomic E-state index is 13.1. The molecule has 1 amide bonds. The van der Waals surface area contributed by atoms with E-state index in [0.29, 0.717) is 49.7 Å². The normalized spacial score (nSPS) is 14.2. The first kappa shape index (κ1) is 23.4. The van der Waals surface area contributed by atoms with Gasteiger partial charge >= 0.3 is 5.97 Å². The summed E-state index contributed by atoms with van der Waals surface area (Å²) in [4.78, 5) is 28.2. The van der Waals surface area contributed by atoms with Gasteiger partial charge in [0.15, 0.2) is 0 Å². The number of aliphatic carboxylic acids is 1. The van der Waals surface area contributed by atoms with Gasteiger partial charge in [0, 0.05) is 44.0 Å². The number of piperidine rings is 1. The van der Waals surface area contributed by atoms with Gasteiger partial charge in [0.2, 0.25) is 0 Å². The van der Waals surface area contributed by atoms with Gasteiger partial charge in [-0.2, -0.15) is 0 Å². The van der Waals surface area contributed by atoms with Gasteiger partial charge in [0.1, 0.15) is 11.5 Å². The predicted molar refractivity (Wildman–Crippen MR) is 124 cm³/mol. The maximum Gasteiger partial charge on any atom is 0.306 e. The van der Waals surface area contributed by atoms with E-state index in [2.05, 4.69) is 11.0 Å². The number of carbonyl (C=O) groups is 2. The first-order valence-electron chi connectivity index (χ1n) is 11.1. The van der Waals surface area contributed by atoms with E-state index in [1.165, 1.54) is 0 Å². The summed E-state index contributed by atoms with van der Waals surface area (Å²) in [5.74, 6) is 0.149. The smallest absolute Gasteiger partial charge is 0.306 e. The van der Waals surface area contributed by atoms with Crippen LogP contribution in [0.15, 0.2) is 42.5 Å². The summed E-state index contributed by atoms with van der Waals surface area (Å²) < 4.78 is 11.2. The molecular weight excluding hydrogens is 408 g/mol. The van der Waals surface area contributed by atoms with Crippen molar-refractivity contribution >= 4 is 17.6 Å². The first-order chi connectivity index (χ1) is 15.4. The number of carboxylic acid groups (broad SMARTS) is 1. The summed E-state index contributed by atoms with van der Waals surface area (Å²) in [5.41, 5.74) is 2.60. The largest absolute Gasteiger partial charge is 0.494 e. The molecule has 0 spiro atoms. The topological polar surface area (TPSA) is 79.3 Å². The summed E-state index contributed by atoms with van der Waals surface area (Å²) in [6, 6.07) is 13.4. The molecule has 0 bridgehead atoms. The highest BCUT2D eigenvalue weighted by Gasteiger charge is 2.24. The van der Waals surface area contributed by atoms with E-state index in [9.17, 15) is 14.7 Å². The highest BCUT2D eigenvalue weighted by atomic mass is 16.5. The van der Waals surface area contributed by atoms with Gasteiger partial charge in [0.25, 0.3) is 5.91 Å². The van der Waals surface area contributed by atoms with Crippen LogP contribution >= 0.6 is 0 Å². The Morgan fingerprint density at radius 1 is 1.03 bits per heavy atom. The molecular formula is C25H32N2O5. The van der Waals surface area contributed by atoms with Crippen LogP contribution < -0.4 is 14.4 Å². The van der Waals surface area contributed by atoms with Gasteiger partial charge in [-0.1, -0.05) is 12.1 Å². The zero-order chi connectivity index (χ0) is 23.1. The Morgan fingerprint density at radius 2 is 1.66 bits per heavy atom. The Morgan fingerprint density at radius 3 is 2.22 bits per heavy atom. The molecule has 1 N–H and O–H groups in total. The van der Waals surface area contributed by atoms with E-state index in [1.54, 1.807) is 30.1 Å². The van der Waals surface area contributed by atoms with Gasteiger partial charge in [-0.25, -0.2) is 0 Å². The zero-order valence-electron chi connectivity index (χ0n) is 19.0. The monoisotopic (exact) mass is 440 g/mol. The first-order valence-corrected chi connectivity index (χ1v) is 11.1. The third kappa shape index (κ3) is 5.93. The molecule has 0 saturated carbocycles. The van der Waals surface area contributed by atoms with Crippen molar-refractivity contribution in [3.8, 4) is 11.5 Å². The number of carbonyl (C=O) groups excluding carboxylic acids is 1. The number of benzene rings is 2. The highest BCUT2D eigenvalue weighted by molar-refractivity contribution is 5.95. The molecule has 1 aliphatic heterocycles. The van der Waals surface area contributed by atoms with E-state index in [1.807, 2.05) is 32.0 Å². The Kier molecular flexibility index (Phi) is 7.98. The van der Waals surface area contributed by atoms with Gasteiger partial charge in [0.05, 0.1) is 19.1 Å². The average molecular weight is 441 g/mol. The maximum atomic E-state index is 13.1. The number of hydrogen-bond acceptors (Lipinski definition) is 5. The molecule has 0 unspecified atom stereocenters. The molecule has 3 rings (SSSR count). The Labute approximate surface area is 189 Å². The Balaban J connectivity index is 1.69. The molecule has 0 radical (unpaired) electrons. The second-order valence-corrected chi connectivity index (χ2v) is 7.99. The van der Waals surface area contributed by atoms with Crippen molar-refractivity contribution in [1.82, 2.24) is 4.90 Å². The van der Waals surface area contributed by atoms with Gasteiger partial charge in [-0.3, -0.25) is 9.59 Å². The number of ether oxygens (including phenoxy) is 2. The van der Waals surface area contributed by atoms with Crippen LogP contribution in [0.5, 0.6) is 11.5 Å². The fourth-order valence-electron chi connectivity index (χ4n) is 4.00. The number of anilines is 1.